The summed E-state index contributed by atoms with van der Waals surface area (Å²) in [6, 6.07) is 17.6. The average Bonchev–Trinajstić information content (AvgIpc) is 2.79. The number of benzene rings is 2. The molecule has 2 aliphatic rings. The van der Waals surface area contributed by atoms with Gasteiger partial charge < -0.3 is 15.4 Å². The van der Waals surface area contributed by atoms with Crippen molar-refractivity contribution in [2.24, 2.45) is 11.7 Å². The van der Waals surface area contributed by atoms with Crippen molar-refractivity contribution in [3.63, 3.8) is 0 Å². The molecule has 29 heavy (non-hydrogen) atoms. The fraction of sp³-hybridized carbons (Fsp3) is 0.520. The summed E-state index contributed by atoms with van der Waals surface area (Å²) in [5.74, 6) is 1.86. The molecule has 1 aliphatic carbocycles. The monoisotopic (exact) mass is 393 g/mol. The second kappa shape index (κ2) is 9.64. The van der Waals surface area contributed by atoms with Crippen LogP contribution >= 0.6 is 0 Å². The van der Waals surface area contributed by atoms with Crippen molar-refractivity contribution < 1.29 is 4.74 Å². The van der Waals surface area contributed by atoms with Crippen LogP contribution in [0, 0.1) is 5.92 Å². The fourth-order valence-corrected chi connectivity index (χ4v) is 4.80. The van der Waals surface area contributed by atoms with E-state index in [2.05, 4.69) is 58.3 Å². The van der Waals surface area contributed by atoms with Crippen LogP contribution in [0.25, 0.3) is 11.1 Å². The molecule has 0 aromatic heterocycles. The Balaban J connectivity index is 1.32. The highest BCUT2D eigenvalue weighted by Gasteiger charge is 2.22. The molecule has 0 bridgehead atoms. The average molecular weight is 394 g/mol. The molecule has 156 valence electrons. The number of methoxy groups -OCH3 is 1. The molecule has 2 aromatic rings. The van der Waals surface area contributed by atoms with Crippen LogP contribution in [-0.2, 0) is 0 Å². The van der Waals surface area contributed by atoms with E-state index in [0.717, 1.165) is 37.8 Å². The minimum atomic E-state index is 0.457. The maximum absolute atomic E-state index is 6.05. The number of hydrogen-bond donors (Lipinski definition) is 1. The van der Waals surface area contributed by atoms with Crippen LogP contribution in [0.3, 0.4) is 0 Å². The Morgan fingerprint density at radius 3 is 2.31 bits per heavy atom. The van der Waals surface area contributed by atoms with E-state index in [1.54, 1.807) is 7.11 Å². The summed E-state index contributed by atoms with van der Waals surface area (Å²) < 4.78 is 5.76. The van der Waals surface area contributed by atoms with E-state index in [9.17, 15) is 0 Å². The van der Waals surface area contributed by atoms with E-state index >= 15 is 0 Å². The zero-order valence-electron chi connectivity index (χ0n) is 17.7. The van der Waals surface area contributed by atoms with Crippen LogP contribution in [0.1, 0.15) is 32.1 Å². The Morgan fingerprint density at radius 2 is 1.62 bits per heavy atom. The molecule has 1 aliphatic heterocycles. The van der Waals surface area contributed by atoms with Gasteiger partial charge in [0.15, 0.2) is 0 Å². The lowest BCUT2D eigenvalue weighted by Crippen LogP contribution is -2.47. The Bertz CT molecular complexity index is 763. The van der Waals surface area contributed by atoms with Crippen molar-refractivity contribution >= 4 is 5.69 Å². The molecule has 0 radical (unpaired) electrons. The fourth-order valence-electron chi connectivity index (χ4n) is 4.80. The van der Waals surface area contributed by atoms with Crippen molar-refractivity contribution in [2.75, 3.05) is 44.7 Å². The first-order valence-corrected chi connectivity index (χ1v) is 11.2. The summed E-state index contributed by atoms with van der Waals surface area (Å²) in [6.07, 6.45) is 6.43. The maximum Gasteiger partial charge on any atom is 0.142 e. The Labute approximate surface area is 175 Å². The number of anilines is 1. The number of rotatable bonds is 6. The number of piperazine rings is 1. The highest BCUT2D eigenvalue weighted by Crippen LogP contribution is 2.34. The highest BCUT2D eigenvalue weighted by molar-refractivity contribution is 5.71. The summed E-state index contributed by atoms with van der Waals surface area (Å²) in [6.45, 7) is 5.64. The third kappa shape index (κ3) is 5.12. The molecular weight excluding hydrogens is 358 g/mol. The quantitative estimate of drug-likeness (QED) is 0.790. The molecule has 1 heterocycles. The number of nitrogens with two attached hydrogens (primary N) is 1. The second-order valence-electron chi connectivity index (χ2n) is 8.65. The van der Waals surface area contributed by atoms with Gasteiger partial charge in [0.1, 0.15) is 5.75 Å². The Hall–Kier alpha value is -2.04. The lowest BCUT2D eigenvalue weighted by atomic mass is 9.84. The molecule has 2 aromatic carbocycles. The number of nitrogens with zero attached hydrogens (tertiary/aromatic N) is 2. The molecule has 0 unspecified atom stereocenters. The molecule has 0 spiro atoms. The molecule has 4 heteroatoms. The third-order valence-corrected chi connectivity index (χ3v) is 6.74. The molecule has 0 amide bonds. The van der Waals surface area contributed by atoms with Gasteiger partial charge in [-0.15, -0.1) is 0 Å². The van der Waals surface area contributed by atoms with E-state index in [4.69, 9.17) is 10.5 Å². The van der Waals surface area contributed by atoms with Crippen molar-refractivity contribution in [2.45, 2.75) is 38.1 Å². The van der Waals surface area contributed by atoms with Crippen LogP contribution in [-0.4, -0.2) is 50.8 Å². The number of hydrogen-bond acceptors (Lipinski definition) is 4. The van der Waals surface area contributed by atoms with Gasteiger partial charge in [0.2, 0.25) is 0 Å². The Kier molecular flexibility index (Phi) is 6.73. The van der Waals surface area contributed by atoms with Gasteiger partial charge in [0.05, 0.1) is 12.8 Å². The minimum Gasteiger partial charge on any atom is -0.495 e. The predicted molar refractivity (Wildman–Crippen MR) is 122 cm³/mol. The van der Waals surface area contributed by atoms with E-state index in [0.29, 0.717) is 6.04 Å². The van der Waals surface area contributed by atoms with E-state index in [1.807, 2.05) is 0 Å². The van der Waals surface area contributed by atoms with Crippen LogP contribution in [0.15, 0.2) is 48.5 Å². The molecule has 1 saturated heterocycles. The summed E-state index contributed by atoms with van der Waals surface area (Å²) in [4.78, 5) is 5.11. The van der Waals surface area contributed by atoms with E-state index in [-0.39, 0.29) is 0 Å². The molecule has 4 nitrogen and oxygen atoms in total. The largest absolute Gasteiger partial charge is 0.495 e. The molecule has 1 saturated carbocycles. The van der Waals surface area contributed by atoms with Crippen LogP contribution in [0.5, 0.6) is 5.75 Å². The lowest BCUT2D eigenvalue weighted by Gasteiger charge is -2.37. The molecule has 0 atom stereocenters. The van der Waals surface area contributed by atoms with Gasteiger partial charge in [-0.3, -0.25) is 4.90 Å². The second-order valence-corrected chi connectivity index (χ2v) is 8.65. The van der Waals surface area contributed by atoms with Gasteiger partial charge in [-0.05, 0) is 67.8 Å². The van der Waals surface area contributed by atoms with Crippen molar-refractivity contribution in [3.05, 3.63) is 48.5 Å². The third-order valence-electron chi connectivity index (χ3n) is 6.74. The van der Waals surface area contributed by atoms with E-state index in [1.165, 1.54) is 55.5 Å². The summed E-state index contributed by atoms with van der Waals surface area (Å²) in [5, 5.41) is 0. The van der Waals surface area contributed by atoms with Gasteiger partial charge in [0, 0.05) is 32.2 Å². The zero-order valence-corrected chi connectivity index (χ0v) is 17.7. The van der Waals surface area contributed by atoms with Gasteiger partial charge in [-0.1, -0.05) is 36.4 Å². The maximum atomic E-state index is 6.05. The lowest BCUT2D eigenvalue weighted by molar-refractivity contribution is 0.216. The van der Waals surface area contributed by atoms with Crippen molar-refractivity contribution in [1.82, 2.24) is 4.90 Å². The topological polar surface area (TPSA) is 41.7 Å². The number of ether oxygens (including phenoxy) is 1. The van der Waals surface area contributed by atoms with Crippen molar-refractivity contribution in [3.8, 4) is 16.9 Å². The van der Waals surface area contributed by atoms with Gasteiger partial charge in [0.25, 0.3) is 0 Å². The van der Waals surface area contributed by atoms with Crippen molar-refractivity contribution in [1.29, 1.82) is 0 Å². The van der Waals surface area contributed by atoms with Gasteiger partial charge in [-0.25, -0.2) is 0 Å². The first-order chi connectivity index (χ1) is 14.2. The summed E-state index contributed by atoms with van der Waals surface area (Å²) in [5.41, 5.74) is 9.70. The SMILES string of the molecule is COc1cc(-c2ccccc2)ccc1N1CCN(CCC2CCC(N)CC2)CC1. The first-order valence-electron chi connectivity index (χ1n) is 11.2. The molecule has 2 fully saturated rings. The smallest absolute Gasteiger partial charge is 0.142 e. The van der Waals surface area contributed by atoms with Crippen LogP contribution in [0.2, 0.25) is 0 Å². The summed E-state index contributed by atoms with van der Waals surface area (Å²) >= 11 is 0. The van der Waals surface area contributed by atoms with Gasteiger partial charge >= 0.3 is 0 Å². The standard InChI is InChI=1S/C25H35N3O/c1-29-25-19-22(21-5-3-2-4-6-21)9-12-24(25)28-17-15-27(16-18-28)14-13-20-7-10-23(26)11-8-20/h2-6,9,12,19-20,23H,7-8,10-11,13-18,26H2,1H3. The van der Waals surface area contributed by atoms with Crippen LogP contribution in [0.4, 0.5) is 5.69 Å². The highest BCUT2D eigenvalue weighted by atomic mass is 16.5. The zero-order chi connectivity index (χ0) is 20.1. The predicted octanol–water partition coefficient (Wildman–Crippen LogP) is 4.39. The summed E-state index contributed by atoms with van der Waals surface area (Å²) in [7, 11) is 1.78. The normalized spacial score (nSPS) is 23.2. The minimum absolute atomic E-state index is 0.457. The van der Waals surface area contributed by atoms with Crippen LogP contribution < -0.4 is 15.4 Å². The molecular formula is C25H35N3O. The molecule has 4 rings (SSSR count). The molecule has 2 N–H and O–H groups in total. The van der Waals surface area contributed by atoms with Gasteiger partial charge in [-0.2, -0.15) is 0 Å². The Morgan fingerprint density at radius 1 is 0.897 bits per heavy atom. The van der Waals surface area contributed by atoms with E-state index < -0.39 is 0 Å². The first kappa shape index (κ1) is 20.2.